The van der Waals surface area contributed by atoms with Gasteiger partial charge < -0.3 is 10.7 Å². The number of anilines is 2. The molecule has 96 valence electrons. The highest BCUT2D eigenvalue weighted by Gasteiger charge is 2.11. The Morgan fingerprint density at radius 2 is 2.06 bits per heavy atom. The summed E-state index contributed by atoms with van der Waals surface area (Å²) < 4.78 is 26.5. The fourth-order valence-electron chi connectivity index (χ4n) is 1.35. The fourth-order valence-corrected chi connectivity index (χ4v) is 2.08. The Labute approximate surface area is 106 Å². The van der Waals surface area contributed by atoms with Gasteiger partial charge in [0, 0.05) is 17.1 Å². The average molecular weight is 271 g/mol. The van der Waals surface area contributed by atoms with Gasteiger partial charge in [-0.3, -0.25) is 0 Å². The second-order valence-corrected chi connectivity index (χ2v) is 4.81. The van der Waals surface area contributed by atoms with Crippen LogP contribution in [0.2, 0.25) is 0 Å². The molecule has 2 heterocycles. The van der Waals surface area contributed by atoms with Crippen molar-refractivity contribution < 1.29 is 8.78 Å². The maximum atomic E-state index is 13.4. The Morgan fingerprint density at radius 1 is 1.33 bits per heavy atom. The molecule has 0 spiro atoms. The van der Waals surface area contributed by atoms with E-state index in [0.717, 1.165) is 16.0 Å². The van der Waals surface area contributed by atoms with Crippen molar-refractivity contribution >= 4 is 23.0 Å². The zero-order valence-corrected chi connectivity index (χ0v) is 10.3. The van der Waals surface area contributed by atoms with E-state index in [-0.39, 0.29) is 11.6 Å². The highest BCUT2D eigenvalue weighted by atomic mass is 32.1. The molecule has 5 nitrogen and oxygen atoms in total. The van der Waals surface area contributed by atoms with Crippen LogP contribution in [-0.4, -0.2) is 9.97 Å². The molecule has 0 amide bonds. The average Bonchev–Trinajstić information content (AvgIpc) is 2.74. The van der Waals surface area contributed by atoms with Crippen LogP contribution in [0.3, 0.4) is 0 Å². The lowest BCUT2D eigenvalue weighted by Gasteiger charge is -2.08. The third kappa shape index (κ3) is 2.71. The number of hydrogen-bond donors (Lipinski definition) is 3. The van der Waals surface area contributed by atoms with Gasteiger partial charge in [-0.2, -0.15) is 0 Å². The summed E-state index contributed by atoms with van der Waals surface area (Å²) in [7, 11) is 0. The highest BCUT2D eigenvalue weighted by Crippen LogP contribution is 2.20. The molecule has 2 aromatic rings. The molecule has 0 aliphatic carbocycles. The van der Waals surface area contributed by atoms with Crippen molar-refractivity contribution in [3.8, 4) is 0 Å². The first kappa shape index (κ1) is 12.7. The topological polar surface area (TPSA) is 75.9 Å². The molecular weight excluding hydrogens is 260 g/mol. The lowest BCUT2D eigenvalue weighted by molar-refractivity contribution is 0.578. The molecule has 0 aliphatic rings. The van der Waals surface area contributed by atoms with E-state index in [9.17, 15) is 8.78 Å². The monoisotopic (exact) mass is 271 g/mol. The number of rotatable bonds is 4. The summed E-state index contributed by atoms with van der Waals surface area (Å²) in [6, 6.07) is 0.725. The molecule has 0 aliphatic heterocycles. The molecule has 0 radical (unpaired) electrons. The van der Waals surface area contributed by atoms with Gasteiger partial charge in [-0.05, 0) is 6.92 Å². The van der Waals surface area contributed by atoms with Crippen molar-refractivity contribution in [2.45, 2.75) is 13.5 Å². The largest absolute Gasteiger partial charge is 0.363 e. The number of hydrazine groups is 1. The molecule has 0 bridgehead atoms. The van der Waals surface area contributed by atoms with E-state index in [2.05, 4.69) is 20.7 Å². The van der Waals surface area contributed by atoms with Crippen LogP contribution in [0.5, 0.6) is 0 Å². The molecule has 4 N–H and O–H groups in total. The molecule has 0 saturated heterocycles. The van der Waals surface area contributed by atoms with Gasteiger partial charge in [0.25, 0.3) is 0 Å². The molecule has 0 fully saturated rings. The Bertz CT molecular complexity index is 557. The first-order chi connectivity index (χ1) is 8.60. The van der Waals surface area contributed by atoms with Gasteiger partial charge in [-0.1, -0.05) is 0 Å². The van der Waals surface area contributed by atoms with E-state index in [1.54, 1.807) is 6.20 Å². The Hall–Kier alpha value is -1.80. The number of nitrogen functional groups attached to an aromatic ring is 1. The quantitative estimate of drug-likeness (QED) is 0.586. The zero-order chi connectivity index (χ0) is 13.1. The Balaban J connectivity index is 2.13. The second-order valence-electron chi connectivity index (χ2n) is 3.49. The standard InChI is InChI=1S/C10H11F2N5S/c1-5-14-3-6(18-5)4-15-9-7(11)2-8(12)10(16-9)17-13/h2-3H,4,13H2,1H3,(H2,15,16,17). The summed E-state index contributed by atoms with van der Waals surface area (Å²) in [4.78, 5) is 8.70. The van der Waals surface area contributed by atoms with Crippen LogP contribution in [0.25, 0.3) is 0 Å². The lowest BCUT2D eigenvalue weighted by Crippen LogP contribution is -2.13. The van der Waals surface area contributed by atoms with Crippen LogP contribution in [0.1, 0.15) is 9.88 Å². The summed E-state index contributed by atoms with van der Waals surface area (Å²) in [6.45, 7) is 2.24. The van der Waals surface area contributed by atoms with E-state index in [4.69, 9.17) is 5.84 Å². The van der Waals surface area contributed by atoms with Gasteiger partial charge in [-0.15, -0.1) is 11.3 Å². The van der Waals surface area contributed by atoms with Crippen LogP contribution >= 0.6 is 11.3 Å². The molecule has 0 aromatic carbocycles. The normalized spacial score (nSPS) is 10.4. The van der Waals surface area contributed by atoms with Crippen LogP contribution in [-0.2, 0) is 6.54 Å². The SMILES string of the molecule is Cc1ncc(CNc2nc(NN)c(F)cc2F)s1. The van der Waals surface area contributed by atoms with Crippen LogP contribution < -0.4 is 16.6 Å². The number of aromatic nitrogens is 2. The highest BCUT2D eigenvalue weighted by molar-refractivity contribution is 7.11. The number of nitrogens with two attached hydrogens (primary N) is 1. The van der Waals surface area contributed by atoms with Gasteiger partial charge in [0.2, 0.25) is 0 Å². The minimum atomic E-state index is -0.839. The molecule has 18 heavy (non-hydrogen) atoms. The number of halogens is 2. The summed E-state index contributed by atoms with van der Waals surface area (Å²) in [5, 5.41) is 3.69. The molecular formula is C10H11F2N5S. The van der Waals surface area contributed by atoms with Gasteiger partial charge in [0.15, 0.2) is 23.3 Å². The maximum absolute atomic E-state index is 13.4. The van der Waals surface area contributed by atoms with Crippen molar-refractivity contribution in [2.24, 2.45) is 5.84 Å². The van der Waals surface area contributed by atoms with E-state index in [1.165, 1.54) is 11.3 Å². The summed E-state index contributed by atoms with van der Waals surface area (Å²) >= 11 is 1.49. The smallest absolute Gasteiger partial charge is 0.178 e. The first-order valence-corrected chi connectivity index (χ1v) is 5.89. The van der Waals surface area contributed by atoms with Gasteiger partial charge >= 0.3 is 0 Å². The van der Waals surface area contributed by atoms with E-state index in [0.29, 0.717) is 6.54 Å². The summed E-state index contributed by atoms with van der Waals surface area (Å²) in [5.41, 5.74) is 2.06. The van der Waals surface area contributed by atoms with Crippen LogP contribution in [0, 0.1) is 18.6 Å². The van der Waals surface area contributed by atoms with Crippen molar-refractivity contribution in [1.29, 1.82) is 0 Å². The third-order valence-electron chi connectivity index (χ3n) is 2.17. The van der Waals surface area contributed by atoms with Crippen molar-refractivity contribution in [3.05, 3.63) is 33.8 Å². The second kappa shape index (κ2) is 5.23. The van der Waals surface area contributed by atoms with Crippen molar-refractivity contribution in [2.75, 3.05) is 10.7 Å². The predicted molar refractivity (Wildman–Crippen MR) is 66.1 cm³/mol. The molecule has 2 aromatic heterocycles. The maximum Gasteiger partial charge on any atom is 0.178 e. The van der Waals surface area contributed by atoms with Crippen molar-refractivity contribution in [3.63, 3.8) is 0 Å². The van der Waals surface area contributed by atoms with Gasteiger partial charge in [0.05, 0.1) is 11.6 Å². The molecule has 0 saturated carbocycles. The Morgan fingerprint density at radius 3 is 2.67 bits per heavy atom. The molecule has 8 heteroatoms. The zero-order valence-electron chi connectivity index (χ0n) is 9.50. The summed E-state index contributed by atoms with van der Waals surface area (Å²) in [5.74, 6) is 3.19. The third-order valence-corrected chi connectivity index (χ3v) is 3.08. The minimum absolute atomic E-state index is 0.0598. The molecule has 2 rings (SSSR count). The van der Waals surface area contributed by atoms with Gasteiger partial charge in [0.1, 0.15) is 0 Å². The summed E-state index contributed by atoms with van der Waals surface area (Å²) in [6.07, 6.45) is 1.69. The lowest BCUT2D eigenvalue weighted by atomic mass is 10.4. The van der Waals surface area contributed by atoms with Gasteiger partial charge in [-0.25, -0.2) is 24.6 Å². The first-order valence-electron chi connectivity index (χ1n) is 5.08. The Kier molecular flexibility index (Phi) is 3.68. The fraction of sp³-hybridized carbons (Fsp3) is 0.200. The van der Waals surface area contributed by atoms with E-state index < -0.39 is 11.6 Å². The number of hydrogen-bond acceptors (Lipinski definition) is 6. The van der Waals surface area contributed by atoms with Crippen LogP contribution in [0.15, 0.2) is 12.3 Å². The van der Waals surface area contributed by atoms with Crippen molar-refractivity contribution in [1.82, 2.24) is 9.97 Å². The number of nitrogens with zero attached hydrogens (tertiary/aromatic N) is 2. The van der Waals surface area contributed by atoms with Crippen LogP contribution in [0.4, 0.5) is 20.4 Å². The van der Waals surface area contributed by atoms with E-state index in [1.807, 2.05) is 6.92 Å². The number of aryl methyl sites for hydroxylation is 1. The number of pyridine rings is 1. The number of thiazole rings is 1. The van der Waals surface area contributed by atoms with E-state index >= 15 is 0 Å². The number of nitrogens with one attached hydrogen (secondary N) is 2. The molecule has 0 unspecified atom stereocenters. The minimum Gasteiger partial charge on any atom is -0.363 e. The molecule has 0 atom stereocenters. The predicted octanol–water partition coefficient (Wildman–Crippen LogP) is 2.02.